The van der Waals surface area contributed by atoms with Crippen molar-refractivity contribution >= 4 is 17.6 Å². The van der Waals surface area contributed by atoms with Crippen molar-refractivity contribution in [2.45, 2.75) is 25.4 Å². The van der Waals surface area contributed by atoms with Crippen LogP contribution in [0, 0.1) is 0 Å². The fourth-order valence-corrected chi connectivity index (χ4v) is 3.64. The van der Waals surface area contributed by atoms with Gasteiger partial charge < -0.3 is 18.9 Å². The van der Waals surface area contributed by atoms with E-state index in [0.29, 0.717) is 18.0 Å². The van der Waals surface area contributed by atoms with Crippen LogP contribution in [0.3, 0.4) is 0 Å². The fraction of sp³-hybridized carbons (Fsp3) is 0.381. The molecule has 1 aliphatic heterocycles. The van der Waals surface area contributed by atoms with E-state index < -0.39 is 12.2 Å². The molecule has 1 fully saturated rings. The number of amides is 1. The first-order valence-electron chi connectivity index (χ1n) is 9.57. The van der Waals surface area contributed by atoms with Gasteiger partial charge in [-0.15, -0.1) is 0 Å². The zero-order chi connectivity index (χ0) is 20.4. The Kier molecular flexibility index (Phi) is 5.24. The van der Waals surface area contributed by atoms with Crippen molar-refractivity contribution in [3.05, 3.63) is 53.4 Å². The van der Waals surface area contributed by atoms with Crippen LogP contribution in [0.15, 0.2) is 46.8 Å². The Morgan fingerprint density at radius 2 is 2.14 bits per heavy atom. The summed E-state index contributed by atoms with van der Waals surface area (Å²) < 4.78 is 15.6. The number of carbonyl (C=O) groups excluding carboxylic acids is 2. The van der Waals surface area contributed by atoms with Crippen LogP contribution in [0.4, 0.5) is 10.5 Å². The van der Waals surface area contributed by atoms with Gasteiger partial charge in [0.05, 0.1) is 6.54 Å². The normalized spacial score (nSPS) is 20.4. The predicted molar refractivity (Wildman–Crippen MR) is 105 cm³/mol. The molecule has 1 atom stereocenters. The molecule has 8 nitrogen and oxygen atoms in total. The Bertz CT molecular complexity index is 936. The molecule has 2 heterocycles. The number of fused-ring (bicyclic) bond motifs is 1. The molecule has 0 spiro atoms. The third-order valence-electron chi connectivity index (χ3n) is 4.95. The number of benzene rings is 1. The van der Waals surface area contributed by atoms with E-state index in [1.807, 2.05) is 37.3 Å². The van der Waals surface area contributed by atoms with Crippen molar-refractivity contribution in [1.29, 1.82) is 0 Å². The second-order valence-electron chi connectivity index (χ2n) is 7.41. The number of anilines is 1. The second-order valence-corrected chi connectivity index (χ2v) is 7.41. The number of aryl methyl sites for hydroxylation is 1. The summed E-state index contributed by atoms with van der Waals surface area (Å²) in [7, 11) is 3.83. The number of carbonyl (C=O) groups is 2. The summed E-state index contributed by atoms with van der Waals surface area (Å²) in [5, 5.41) is 3.67. The van der Waals surface area contributed by atoms with Crippen LogP contribution in [0.25, 0.3) is 0 Å². The average Bonchev–Trinajstić information content (AvgIpc) is 3.31. The zero-order valence-corrected chi connectivity index (χ0v) is 16.5. The van der Waals surface area contributed by atoms with Crippen molar-refractivity contribution in [3.63, 3.8) is 0 Å². The molecule has 0 unspecified atom stereocenters. The van der Waals surface area contributed by atoms with Crippen molar-refractivity contribution in [3.8, 4) is 5.88 Å². The summed E-state index contributed by atoms with van der Waals surface area (Å²) in [5.41, 5.74) is 3.21. The average molecular weight is 397 g/mol. The van der Waals surface area contributed by atoms with Gasteiger partial charge in [0.1, 0.15) is 12.9 Å². The van der Waals surface area contributed by atoms with E-state index in [-0.39, 0.29) is 12.4 Å². The van der Waals surface area contributed by atoms with Gasteiger partial charge in [-0.2, -0.15) is 0 Å². The lowest BCUT2D eigenvalue weighted by molar-refractivity contribution is 0.101. The lowest BCUT2D eigenvalue weighted by atomic mass is 9.99. The lowest BCUT2D eigenvalue weighted by Crippen LogP contribution is -2.26. The molecule has 0 radical (unpaired) electrons. The maximum absolute atomic E-state index is 12.9. The molecule has 1 saturated heterocycles. The largest absolute Gasteiger partial charge is 0.471 e. The van der Waals surface area contributed by atoms with E-state index in [2.05, 4.69) is 5.16 Å². The van der Waals surface area contributed by atoms with Crippen LogP contribution in [-0.2, 0) is 11.2 Å². The molecule has 0 bridgehead atoms. The SMILES string of the molecule is CN(C)/C=C1\CCCc2cc(N3C[C@H](COc4ccon4)OC3=O)ccc2C1=O. The minimum absolute atomic E-state index is 0.0561. The molecular weight excluding hydrogens is 374 g/mol. The number of rotatable bonds is 5. The molecule has 29 heavy (non-hydrogen) atoms. The standard InChI is InChI=1S/C21H23N3O5/c1-23(2)11-15-5-3-4-14-10-16(6-7-18(14)20(15)25)24-12-17(29-21(24)26)13-27-19-8-9-28-22-19/h6-11,17H,3-5,12-13H2,1-2H3/b15-11+/t17-/m1/s1. The molecule has 152 valence electrons. The maximum Gasteiger partial charge on any atom is 0.414 e. The third-order valence-corrected chi connectivity index (χ3v) is 4.95. The van der Waals surface area contributed by atoms with Gasteiger partial charge in [-0.1, -0.05) is 0 Å². The summed E-state index contributed by atoms with van der Waals surface area (Å²) in [6.07, 6.45) is 4.90. The number of cyclic esters (lactones) is 1. The number of hydrogen-bond donors (Lipinski definition) is 0. The smallest absolute Gasteiger partial charge is 0.414 e. The number of Topliss-reactive ketones (excluding diaryl/α,β-unsaturated/α-hetero) is 1. The first-order valence-corrected chi connectivity index (χ1v) is 9.57. The van der Waals surface area contributed by atoms with Crippen LogP contribution in [0.5, 0.6) is 5.88 Å². The quantitative estimate of drug-likeness (QED) is 0.566. The zero-order valence-electron chi connectivity index (χ0n) is 16.5. The van der Waals surface area contributed by atoms with E-state index in [0.717, 1.165) is 36.1 Å². The molecule has 0 saturated carbocycles. The van der Waals surface area contributed by atoms with Gasteiger partial charge in [0.15, 0.2) is 11.9 Å². The van der Waals surface area contributed by atoms with Crippen molar-refractivity contribution < 1.29 is 23.6 Å². The highest BCUT2D eigenvalue weighted by atomic mass is 16.6. The molecule has 1 aliphatic carbocycles. The molecule has 2 aliphatic rings. The van der Waals surface area contributed by atoms with Gasteiger partial charge in [-0.05, 0) is 48.2 Å². The second kappa shape index (κ2) is 7.98. The Hall–Kier alpha value is -3.29. The summed E-state index contributed by atoms with van der Waals surface area (Å²) in [6, 6.07) is 7.14. The number of aromatic nitrogens is 1. The molecule has 1 aromatic carbocycles. The lowest BCUT2D eigenvalue weighted by Gasteiger charge is -2.16. The number of nitrogens with zero attached hydrogens (tertiary/aromatic N) is 3. The van der Waals surface area contributed by atoms with Gasteiger partial charge in [-0.3, -0.25) is 9.69 Å². The highest BCUT2D eigenvalue weighted by molar-refractivity contribution is 6.10. The van der Waals surface area contributed by atoms with Gasteiger partial charge in [-0.25, -0.2) is 4.79 Å². The van der Waals surface area contributed by atoms with Crippen LogP contribution in [-0.4, -0.2) is 55.3 Å². The first kappa shape index (κ1) is 19.0. The summed E-state index contributed by atoms with van der Waals surface area (Å²) in [6.45, 7) is 0.562. The highest BCUT2D eigenvalue weighted by Gasteiger charge is 2.33. The van der Waals surface area contributed by atoms with Crippen molar-refractivity contribution in [1.82, 2.24) is 10.1 Å². The monoisotopic (exact) mass is 397 g/mol. The molecule has 4 rings (SSSR count). The number of ketones is 1. The molecule has 1 amide bonds. The van der Waals surface area contributed by atoms with E-state index in [9.17, 15) is 9.59 Å². The Morgan fingerprint density at radius 1 is 1.28 bits per heavy atom. The van der Waals surface area contributed by atoms with Gasteiger partial charge in [0.25, 0.3) is 5.88 Å². The minimum atomic E-state index is -0.424. The Balaban J connectivity index is 1.49. The number of hydrogen-bond acceptors (Lipinski definition) is 7. The number of ether oxygens (including phenoxy) is 2. The van der Waals surface area contributed by atoms with Crippen molar-refractivity contribution in [2.75, 3.05) is 32.1 Å². The molecule has 8 heteroatoms. The molecule has 0 N–H and O–H groups in total. The van der Waals surface area contributed by atoms with E-state index in [1.165, 1.54) is 6.26 Å². The highest BCUT2D eigenvalue weighted by Crippen LogP contribution is 2.30. The summed E-state index contributed by atoms with van der Waals surface area (Å²) in [5.74, 6) is 0.408. The van der Waals surface area contributed by atoms with Gasteiger partial charge in [0, 0.05) is 43.2 Å². The minimum Gasteiger partial charge on any atom is -0.471 e. The molecule has 1 aromatic heterocycles. The van der Waals surface area contributed by atoms with Crippen LogP contribution in [0.2, 0.25) is 0 Å². The Morgan fingerprint density at radius 3 is 2.90 bits per heavy atom. The predicted octanol–water partition coefficient (Wildman–Crippen LogP) is 3.04. The van der Waals surface area contributed by atoms with Gasteiger partial charge in [0.2, 0.25) is 0 Å². The van der Waals surface area contributed by atoms with E-state index in [1.54, 1.807) is 17.0 Å². The topological polar surface area (TPSA) is 85.1 Å². The number of allylic oxidation sites excluding steroid dienone is 1. The molecule has 2 aromatic rings. The van der Waals surface area contributed by atoms with Gasteiger partial charge >= 0.3 is 6.09 Å². The van der Waals surface area contributed by atoms with Crippen LogP contribution in [0.1, 0.15) is 28.8 Å². The van der Waals surface area contributed by atoms with E-state index in [4.69, 9.17) is 14.0 Å². The van der Waals surface area contributed by atoms with Crippen LogP contribution >= 0.6 is 0 Å². The van der Waals surface area contributed by atoms with Crippen molar-refractivity contribution in [2.24, 2.45) is 0 Å². The third kappa shape index (κ3) is 4.11. The fourth-order valence-electron chi connectivity index (χ4n) is 3.64. The maximum atomic E-state index is 12.9. The molecular formula is C21H23N3O5. The summed E-state index contributed by atoms with van der Waals surface area (Å²) >= 11 is 0. The van der Waals surface area contributed by atoms with E-state index >= 15 is 0 Å². The Labute approximate surface area is 168 Å². The summed E-state index contributed by atoms with van der Waals surface area (Å²) in [4.78, 5) is 28.7. The first-order chi connectivity index (χ1) is 14.0. The van der Waals surface area contributed by atoms with Crippen LogP contribution < -0.4 is 9.64 Å².